The number of para-hydroxylation sites is 2. The maximum absolute atomic E-state index is 5.06. The fourth-order valence-electron chi connectivity index (χ4n) is 8.30. The predicted molar refractivity (Wildman–Crippen MR) is 232 cm³/mol. The van der Waals surface area contributed by atoms with Gasteiger partial charge >= 0.3 is 0 Å². The van der Waals surface area contributed by atoms with Gasteiger partial charge in [0.1, 0.15) is 0 Å². The molecule has 0 amide bonds. The minimum absolute atomic E-state index is 0.700. The molecule has 56 heavy (non-hydrogen) atoms. The van der Waals surface area contributed by atoms with Crippen molar-refractivity contribution < 1.29 is 0 Å². The van der Waals surface area contributed by atoms with E-state index in [4.69, 9.17) is 9.97 Å². The zero-order valence-corrected chi connectivity index (χ0v) is 30.5. The summed E-state index contributed by atoms with van der Waals surface area (Å²) in [7, 11) is 0. The number of hydrogen-bond donors (Lipinski definition) is 1. The van der Waals surface area contributed by atoms with E-state index in [1.54, 1.807) is 0 Å². The minimum Gasteiger partial charge on any atom is -0.379 e. The van der Waals surface area contributed by atoms with Crippen LogP contribution < -0.4 is 5.32 Å². The molecule has 0 bridgehead atoms. The summed E-state index contributed by atoms with van der Waals surface area (Å²) in [6.07, 6.45) is 4.43. The molecule has 0 atom stereocenters. The van der Waals surface area contributed by atoms with Crippen molar-refractivity contribution in [3.8, 4) is 56.4 Å². The van der Waals surface area contributed by atoms with Gasteiger partial charge in [0.05, 0.1) is 39.3 Å². The lowest BCUT2D eigenvalue weighted by atomic mass is 10.0. The second-order valence-corrected chi connectivity index (χ2v) is 14.3. The van der Waals surface area contributed by atoms with Crippen LogP contribution in [0, 0.1) is 0 Å². The third-order valence-corrected chi connectivity index (χ3v) is 10.9. The molecule has 1 N–H and O–H groups in total. The van der Waals surface area contributed by atoms with Crippen molar-refractivity contribution in [1.82, 2.24) is 19.1 Å². The molecule has 4 heterocycles. The Morgan fingerprint density at radius 2 is 0.946 bits per heavy atom. The number of nitrogens with one attached hydrogen (secondary N) is 1. The summed E-state index contributed by atoms with van der Waals surface area (Å²) in [5, 5.41) is 7.40. The molecule has 0 saturated carbocycles. The average molecular weight is 718 g/mol. The van der Waals surface area contributed by atoms with Crippen molar-refractivity contribution in [2.24, 2.45) is 0 Å². The van der Waals surface area contributed by atoms with E-state index < -0.39 is 0 Å². The van der Waals surface area contributed by atoms with Gasteiger partial charge in [-0.05, 0) is 90.0 Å². The first kappa shape index (κ1) is 32.0. The summed E-state index contributed by atoms with van der Waals surface area (Å²) < 4.78 is 4.72. The molecule has 264 valence electrons. The Balaban J connectivity index is 1.00. The summed E-state index contributed by atoms with van der Waals surface area (Å²) in [5.41, 5.74) is 15.4. The van der Waals surface area contributed by atoms with E-state index in [0.29, 0.717) is 5.82 Å². The number of fused-ring (bicyclic) bond motifs is 6. The van der Waals surface area contributed by atoms with Crippen LogP contribution in [0.1, 0.15) is 5.69 Å². The van der Waals surface area contributed by atoms with Crippen LogP contribution >= 0.6 is 0 Å². The van der Waals surface area contributed by atoms with Gasteiger partial charge in [0.25, 0.3) is 0 Å². The summed E-state index contributed by atoms with van der Waals surface area (Å²) in [6.45, 7) is 0.791. The molecule has 3 aromatic heterocycles. The lowest BCUT2D eigenvalue weighted by molar-refractivity contribution is 1.09. The topological polar surface area (TPSA) is 47.7 Å². The molecule has 1 aliphatic rings. The van der Waals surface area contributed by atoms with Gasteiger partial charge in [0.15, 0.2) is 5.82 Å². The molecule has 0 radical (unpaired) electrons. The number of rotatable bonds is 6. The normalized spacial score (nSPS) is 12.3. The average Bonchev–Trinajstić information content (AvgIpc) is 3.79. The van der Waals surface area contributed by atoms with E-state index in [2.05, 4.69) is 172 Å². The van der Waals surface area contributed by atoms with E-state index in [1.165, 1.54) is 38.3 Å². The van der Waals surface area contributed by atoms with Crippen LogP contribution in [0.3, 0.4) is 0 Å². The Morgan fingerprint density at radius 1 is 0.411 bits per heavy atom. The molecule has 0 unspecified atom stereocenters. The lowest BCUT2D eigenvalue weighted by Crippen LogP contribution is -2.05. The first-order valence-corrected chi connectivity index (χ1v) is 19.1. The molecule has 11 rings (SSSR count). The molecule has 1 aliphatic heterocycles. The Bertz CT molecular complexity index is 3050. The van der Waals surface area contributed by atoms with Crippen LogP contribution in [-0.2, 0) is 0 Å². The van der Waals surface area contributed by atoms with Gasteiger partial charge in [-0.2, -0.15) is 0 Å². The highest BCUT2D eigenvalue weighted by atomic mass is 15.0. The Morgan fingerprint density at radius 3 is 1.62 bits per heavy atom. The van der Waals surface area contributed by atoms with Gasteiger partial charge in [-0.15, -0.1) is 0 Å². The Hall–Kier alpha value is -7.50. The van der Waals surface area contributed by atoms with Crippen molar-refractivity contribution in [1.29, 1.82) is 0 Å². The highest BCUT2D eigenvalue weighted by Crippen LogP contribution is 2.40. The molecule has 5 nitrogen and oxygen atoms in total. The van der Waals surface area contributed by atoms with Gasteiger partial charge in [0.2, 0.25) is 0 Å². The molecule has 0 aliphatic carbocycles. The van der Waals surface area contributed by atoms with Crippen LogP contribution in [0.25, 0.3) is 95.2 Å². The number of nitrogens with zero attached hydrogens (tertiary/aromatic N) is 4. The minimum atomic E-state index is 0.700. The third kappa shape index (κ3) is 5.32. The van der Waals surface area contributed by atoms with Crippen LogP contribution in [-0.4, -0.2) is 25.6 Å². The van der Waals surface area contributed by atoms with E-state index in [0.717, 1.165) is 62.9 Å². The SMILES string of the molecule is C1=Cc2c(c3cc(-c4ccc5c(c4)c4ccccc4n5-c4ccccc4)ccc3n2-c2ccc(-c3nc(-c4ccccc4)cc(-c4ccccc4)n3)cc2)NC1. The quantitative estimate of drug-likeness (QED) is 0.186. The predicted octanol–water partition coefficient (Wildman–Crippen LogP) is 12.6. The standard InChI is InChI=1S/C51H35N5/c1-4-13-34(14-5-1)44-33-45(35-15-6-2-7-16-35)54-51(53-44)36-22-26-40(27-23-36)56-48-29-25-38(32-43(48)50-49(56)21-12-30-52-50)37-24-28-47-42(31-37)41-19-10-11-20-46(41)55(47)39-17-8-3-9-18-39/h1-29,31-33,52H,30H2. The largest absolute Gasteiger partial charge is 0.379 e. The van der Waals surface area contributed by atoms with E-state index in [-0.39, 0.29) is 0 Å². The number of benzene rings is 7. The van der Waals surface area contributed by atoms with Crippen molar-refractivity contribution >= 4 is 44.5 Å². The zero-order valence-electron chi connectivity index (χ0n) is 30.5. The molecule has 5 heteroatoms. The van der Waals surface area contributed by atoms with Gasteiger partial charge in [-0.25, -0.2) is 9.97 Å². The highest BCUT2D eigenvalue weighted by Gasteiger charge is 2.20. The smallest absolute Gasteiger partial charge is 0.160 e. The van der Waals surface area contributed by atoms with Crippen LogP contribution in [0.4, 0.5) is 5.69 Å². The van der Waals surface area contributed by atoms with Crippen molar-refractivity contribution in [2.45, 2.75) is 0 Å². The van der Waals surface area contributed by atoms with Crippen molar-refractivity contribution in [2.75, 3.05) is 11.9 Å². The number of aromatic nitrogens is 4. The summed E-state index contributed by atoms with van der Waals surface area (Å²) in [5.74, 6) is 0.700. The zero-order chi connectivity index (χ0) is 37.0. The number of hydrogen-bond acceptors (Lipinski definition) is 3. The first-order valence-electron chi connectivity index (χ1n) is 19.1. The molecule has 0 spiro atoms. The van der Waals surface area contributed by atoms with E-state index in [9.17, 15) is 0 Å². The summed E-state index contributed by atoms with van der Waals surface area (Å²) in [4.78, 5) is 10.1. The maximum Gasteiger partial charge on any atom is 0.160 e. The second kappa shape index (κ2) is 13.1. The molecular formula is C51H35N5. The molecular weight excluding hydrogens is 683 g/mol. The molecule has 7 aromatic carbocycles. The van der Waals surface area contributed by atoms with Crippen molar-refractivity contribution in [3.05, 3.63) is 194 Å². The lowest BCUT2D eigenvalue weighted by Gasteiger charge is -2.14. The molecule has 0 saturated heterocycles. The monoisotopic (exact) mass is 717 g/mol. The Kier molecular flexibility index (Phi) is 7.49. The van der Waals surface area contributed by atoms with Gasteiger partial charge in [0, 0.05) is 50.8 Å². The van der Waals surface area contributed by atoms with Crippen LogP contribution in [0.2, 0.25) is 0 Å². The van der Waals surface area contributed by atoms with E-state index >= 15 is 0 Å². The van der Waals surface area contributed by atoms with Crippen molar-refractivity contribution in [3.63, 3.8) is 0 Å². The van der Waals surface area contributed by atoms with Crippen LogP contribution in [0.15, 0.2) is 188 Å². The highest BCUT2D eigenvalue weighted by molar-refractivity contribution is 6.11. The second-order valence-electron chi connectivity index (χ2n) is 14.3. The molecule has 0 fully saturated rings. The fourth-order valence-corrected chi connectivity index (χ4v) is 8.30. The Labute approximate surface area is 324 Å². The van der Waals surface area contributed by atoms with Gasteiger partial charge in [-0.1, -0.05) is 115 Å². The molecule has 10 aromatic rings. The third-order valence-electron chi connectivity index (χ3n) is 10.9. The summed E-state index contributed by atoms with van der Waals surface area (Å²) in [6, 6.07) is 64.4. The van der Waals surface area contributed by atoms with Crippen LogP contribution in [0.5, 0.6) is 0 Å². The summed E-state index contributed by atoms with van der Waals surface area (Å²) >= 11 is 0. The fraction of sp³-hybridized carbons (Fsp3) is 0.0196. The van der Waals surface area contributed by atoms with Gasteiger partial charge in [-0.3, -0.25) is 0 Å². The maximum atomic E-state index is 5.06. The number of anilines is 1. The van der Waals surface area contributed by atoms with Gasteiger partial charge < -0.3 is 14.5 Å². The first-order chi connectivity index (χ1) is 27.8. The van der Waals surface area contributed by atoms with E-state index in [1.807, 2.05) is 36.4 Å².